The summed E-state index contributed by atoms with van der Waals surface area (Å²) in [5, 5.41) is 10.5. The van der Waals surface area contributed by atoms with Crippen LogP contribution in [0.1, 0.15) is 27.8 Å². The van der Waals surface area contributed by atoms with Crippen LogP contribution in [-0.2, 0) is 5.41 Å². The highest BCUT2D eigenvalue weighted by molar-refractivity contribution is 5.92. The number of rotatable bonds is 3. The van der Waals surface area contributed by atoms with Gasteiger partial charge in [0.05, 0.1) is 11.0 Å². The summed E-state index contributed by atoms with van der Waals surface area (Å²) in [4.78, 5) is 0. The van der Waals surface area contributed by atoms with Crippen molar-refractivity contribution in [3.05, 3.63) is 192 Å². The van der Waals surface area contributed by atoms with Crippen LogP contribution in [0, 0.1) is 11.3 Å². The molecule has 0 aromatic heterocycles. The molecule has 0 N–H and O–H groups in total. The molecule has 1 spiro atoms. The maximum absolute atomic E-state index is 10.5. The summed E-state index contributed by atoms with van der Waals surface area (Å²) in [6.45, 7) is 0. The minimum atomic E-state index is -0.537. The fraction of sp³-hybridized carbons (Fsp3) is 0.0227. The Morgan fingerprint density at radius 2 is 0.891 bits per heavy atom. The first-order chi connectivity index (χ1) is 22.8. The summed E-state index contributed by atoms with van der Waals surface area (Å²) in [6.07, 6.45) is 0. The summed E-state index contributed by atoms with van der Waals surface area (Å²) in [6, 6.07) is 60.0. The number of nitriles is 1. The quantitative estimate of drug-likeness (QED) is 0.207. The van der Waals surface area contributed by atoms with Gasteiger partial charge in [0.15, 0.2) is 0 Å². The predicted molar refractivity (Wildman–Crippen MR) is 185 cm³/mol. The molecule has 214 valence electrons. The van der Waals surface area contributed by atoms with E-state index in [1.807, 2.05) is 48.5 Å². The summed E-state index contributed by atoms with van der Waals surface area (Å²) in [5.74, 6) is 1.76. The van der Waals surface area contributed by atoms with E-state index in [1.54, 1.807) is 0 Å². The molecule has 0 radical (unpaired) electrons. The summed E-state index contributed by atoms with van der Waals surface area (Å²) in [7, 11) is 0. The molecule has 2 nitrogen and oxygen atoms in total. The van der Waals surface area contributed by atoms with Crippen molar-refractivity contribution in [1.82, 2.24) is 0 Å². The van der Waals surface area contributed by atoms with Crippen LogP contribution in [0.5, 0.6) is 11.5 Å². The monoisotopic (exact) mass is 585 g/mol. The lowest BCUT2D eigenvalue weighted by atomic mass is 9.66. The lowest BCUT2D eigenvalue weighted by Crippen LogP contribution is -2.32. The van der Waals surface area contributed by atoms with Crippen molar-refractivity contribution in [2.75, 3.05) is 0 Å². The second-order valence-corrected chi connectivity index (χ2v) is 11.9. The molecule has 46 heavy (non-hydrogen) atoms. The topological polar surface area (TPSA) is 33.0 Å². The highest BCUT2D eigenvalue weighted by atomic mass is 16.5. The number of fused-ring (bicyclic) bond motifs is 9. The van der Waals surface area contributed by atoms with Gasteiger partial charge in [0.1, 0.15) is 17.6 Å². The minimum Gasteiger partial charge on any atom is -0.457 e. The summed E-state index contributed by atoms with van der Waals surface area (Å²) >= 11 is 0. The van der Waals surface area contributed by atoms with E-state index in [-0.39, 0.29) is 0 Å². The molecule has 1 aliphatic heterocycles. The summed E-state index contributed by atoms with van der Waals surface area (Å²) < 4.78 is 6.53. The van der Waals surface area contributed by atoms with Crippen molar-refractivity contribution in [3.8, 4) is 62.1 Å². The van der Waals surface area contributed by atoms with Crippen molar-refractivity contribution in [3.63, 3.8) is 0 Å². The molecule has 0 bridgehead atoms. The molecule has 7 aromatic carbocycles. The average Bonchev–Trinajstić information content (AvgIpc) is 3.42. The molecule has 0 unspecified atom stereocenters. The van der Waals surface area contributed by atoms with Crippen LogP contribution in [0.3, 0.4) is 0 Å². The van der Waals surface area contributed by atoms with Crippen LogP contribution in [0.25, 0.3) is 44.5 Å². The Labute approximate surface area is 268 Å². The fourth-order valence-electron chi connectivity index (χ4n) is 7.65. The third kappa shape index (κ3) is 3.70. The van der Waals surface area contributed by atoms with Gasteiger partial charge in [-0.2, -0.15) is 5.26 Å². The number of hydrogen-bond donors (Lipinski definition) is 0. The Bertz CT molecular complexity index is 2240. The first kappa shape index (κ1) is 26.3. The van der Waals surface area contributed by atoms with Gasteiger partial charge < -0.3 is 4.74 Å². The zero-order chi connectivity index (χ0) is 30.7. The van der Waals surface area contributed by atoms with Crippen LogP contribution in [0.4, 0.5) is 0 Å². The molecule has 0 amide bonds. The first-order valence-corrected chi connectivity index (χ1v) is 15.6. The number of benzene rings is 7. The number of ether oxygens (including phenoxy) is 1. The molecular weight excluding hydrogens is 558 g/mol. The van der Waals surface area contributed by atoms with Crippen LogP contribution in [0.15, 0.2) is 164 Å². The van der Waals surface area contributed by atoms with Gasteiger partial charge >= 0.3 is 0 Å². The van der Waals surface area contributed by atoms with E-state index in [0.717, 1.165) is 56.0 Å². The minimum absolute atomic E-state index is 0.537. The van der Waals surface area contributed by atoms with Crippen molar-refractivity contribution >= 4 is 0 Å². The average molecular weight is 586 g/mol. The van der Waals surface area contributed by atoms with E-state index in [0.29, 0.717) is 5.56 Å². The molecule has 7 aromatic rings. The molecule has 1 aliphatic carbocycles. The van der Waals surface area contributed by atoms with Gasteiger partial charge in [0.25, 0.3) is 0 Å². The van der Waals surface area contributed by atoms with Gasteiger partial charge in [-0.05, 0) is 74.8 Å². The molecular formula is C44H27NO. The Hall–Kier alpha value is -6.17. The van der Waals surface area contributed by atoms with Gasteiger partial charge in [-0.25, -0.2) is 0 Å². The van der Waals surface area contributed by atoms with Gasteiger partial charge in [-0.3, -0.25) is 0 Å². The standard InChI is InChI=1S/C44H27NO/c45-28-37-35(29-13-3-1-4-14-29)25-32(26-36(37)30-15-5-2-6-16-30)31-23-24-34-33-17-7-8-18-38(33)44(41(34)27-31)39-19-9-11-21-42(39)46-43-22-12-10-20-40(43)44/h1-27H. The third-order valence-electron chi connectivity index (χ3n) is 9.60. The SMILES string of the molecule is N#Cc1c(-c2ccccc2)cc(-c2ccc3c(c2)C2(c4ccccc4Oc4ccccc42)c2ccccc2-3)cc1-c1ccccc1. The summed E-state index contributed by atoms with van der Waals surface area (Å²) in [5.41, 5.74) is 13.5. The lowest BCUT2D eigenvalue weighted by molar-refractivity contribution is 0.436. The lowest BCUT2D eigenvalue weighted by Gasteiger charge is -2.39. The maximum atomic E-state index is 10.5. The van der Waals surface area contributed by atoms with Crippen LogP contribution >= 0.6 is 0 Å². The van der Waals surface area contributed by atoms with E-state index < -0.39 is 5.41 Å². The number of para-hydroxylation sites is 2. The Morgan fingerprint density at radius 1 is 0.391 bits per heavy atom. The largest absolute Gasteiger partial charge is 0.457 e. The highest BCUT2D eigenvalue weighted by Gasteiger charge is 2.51. The van der Waals surface area contributed by atoms with Crippen molar-refractivity contribution in [1.29, 1.82) is 5.26 Å². The van der Waals surface area contributed by atoms with Crippen molar-refractivity contribution < 1.29 is 4.74 Å². The van der Waals surface area contributed by atoms with Gasteiger partial charge in [0, 0.05) is 22.3 Å². The molecule has 0 saturated carbocycles. The molecule has 0 atom stereocenters. The molecule has 9 rings (SSSR count). The van der Waals surface area contributed by atoms with E-state index >= 15 is 0 Å². The van der Waals surface area contributed by atoms with Gasteiger partial charge in [-0.1, -0.05) is 133 Å². The van der Waals surface area contributed by atoms with Crippen molar-refractivity contribution in [2.24, 2.45) is 0 Å². The van der Waals surface area contributed by atoms with Crippen molar-refractivity contribution in [2.45, 2.75) is 5.41 Å². The second-order valence-electron chi connectivity index (χ2n) is 11.9. The van der Waals surface area contributed by atoms with Gasteiger partial charge in [-0.15, -0.1) is 0 Å². The van der Waals surface area contributed by atoms with Crippen LogP contribution in [0.2, 0.25) is 0 Å². The number of hydrogen-bond acceptors (Lipinski definition) is 2. The zero-order valence-corrected chi connectivity index (χ0v) is 24.9. The fourth-order valence-corrected chi connectivity index (χ4v) is 7.65. The van der Waals surface area contributed by atoms with E-state index in [1.165, 1.54) is 22.3 Å². The second kappa shape index (κ2) is 10.2. The molecule has 2 heteroatoms. The van der Waals surface area contributed by atoms with Crippen LogP contribution in [-0.4, -0.2) is 0 Å². The smallest absolute Gasteiger partial charge is 0.132 e. The van der Waals surface area contributed by atoms with E-state index in [9.17, 15) is 5.26 Å². The molecule has 0 fully saturated rings. The molecule has 1 heterocycles. The number of nitrogens with zero attached hydrogens (tertiary/aromatic N) is 1. The van der Waals surface area contributed by atoms with Gasteiger partial charge in [0.2, 0.25) is 0 Å². The Morgan fingerprint density at radius 3 is 1.48 bits per heavy atom. The highest BCUT2D eigenvalue weighted by Crippen LogP contribution is 2.62. The predicted octanol–water partition coefficient (Wildman–Crippen LogP) is 11.0. The third-order valence-corrected chi connectivity index (χ3v) is 9.60. The molecule has 0 saturated heterocycles. The van der Waals surface area contributed by atoms with E-state index in [2.05, 4.69) is 121 Å². The Kier molecular flexibility index (Phi) is 5.82. The first-order valence-electron chi connectivity index (χ1n) is 15.6. The Balaban J connectivity index is 1.35. The zero-order valence-electron chi connectivity index (χ0n) is 24.9. The van der Waals surface area contributed by atoms with Crippen LogP contribution < -0.4 is 4.74 Å². The van der Waals surface area contributed by atoms with E-state index in [4.69, 9.17) is 4.74 Å². The normalized spacial score (nSPS) is 13.1. The maximum Gasteiger partial charge on any atom is 0.132 e. The molecule has 2 aliphatic rings.